The minimum absolute atomic E-state index is 0.216. The predicted molar refractivity (Wildman–Crippen MR) is 44.8 cm³/mol. The van der Waals surface area contributed by atoms with E-state index in [0.29, 0.717) is 12.8 Å². The van der Waals surface area contributed by atoms with Crippen molar-refractivity contribution in [3.8, 4) is 0 Å². The first-order chi connectivity index (χ1) is 5.49. The highest BCUT2D eigenvalue weighted by atomic mass is 16.4. The SMILES string of the molecule is CCC(C)C1(O)CC(C(=O)O)C1. The van der Waals surface area contributed by atoms with Gasteiger partial charge in [-0.05, 0) is 18.8 Å². The Hall–Kier alpha value is -0.570. The third kappa shape index (κ3) is 1.46. The summed E-state index contributed by atoms with van der Waals surface area (Å²) in [4.78, 5) is 10.5. The third-order valence-corrected chi connectivity index (χ3v) is 3.08. The van der Waals surface area contributed by atoms with Gasteiger partial charge >= 0.3 is 5.97 Å². The Balaban J connectivity index is 2.44. The second kappa shape index (κ2) is 3.05. The molecular weight excluding hydrogens is 156 g/mol. The van der Waals surface area contributed by atoms with Gasteiger partial charge in [0.15, 0.2) is 0 Å². The van der Waals surface area contributed by atoms with Crippen LogP contribution in [0, 0.1) is 11.8 Å². The van der Waals surface area contributed by atoms with Crippen LogP contribution in [0.4, 0.5) is 0 Å². The summed E-state index contributed by atoms with van der Waals surface area (Å²) in [5, 5.41) is 18.4. The fourth-order valence-electron chi connectivity index (χ4n) is 1.75. The Morgan fingerprint density at radius 2 is 2.17 bits per heavy atom. The number of carbonyl (C=O) groups is 1. The van der Waals surface area contributed by atoms with Crippen molar-refractivity contribution in [2.45, 2.75) is 38.7 Å². The molecule has 2 N–H and O–H groups in total. The van der Waals surface area contributed by atoms with Crippen molar-refractivity contribution >= 4 is 5.97 Å². The van der Waals surface area contributed by atoms with E-state index in [-0.39, 0.29) is 11.8 Å². The van der Waals surface area contributed by atoms with Crippen molar-refractivity contribution in [1.82, 2.24) is 0 Å². The second-order valence-corrected chi connectivity index (χ2v) is 3.86. The molecule has 1 rings (SSSR count). The zero-order chi connectivity index (χ0) is 9.35. The molecule has 0 heterocycles. The number of rotatable bonds is 3. The Morgan fingerprint density at radius 3 is 2.50 bits per heavy atom. The molecule has 0 amide bonds. The van der Waals surface area contributed by atoms with Crippen LogP contribution in [0.5, 0.6) is 0 Å². The van der Waals surface area contributed by atoms with Crippen LogP contribution in [0.3, 0.4) is 0 Å². The van der Waals surface area contributed by atoms with E-state index in [4.69, 9.17) is 5.11 Å². The molecule has 0 spiro atoms. The molecule has 3 heteroatoms. The van der Waals surface area contributed by atoms with Gasteiger partial charge in [-0.25, -0.2) is 0 Å². The largest absolute Gasteiger partial charge is 0.481 e. The molecule has 1 atom stereocenters. The number of hydrogen-bond donors (Lipinski definition) is 2. The third-order valence-electron chi connectivity index (χ3n) is 3.08. The fourth-order valence-corrected chi connectivity index (χ4v) is 1.75. The fraction of sp³-hybridized carbons (Fsp3) is 0.889. The lowest BCUT2D eigenvalue weighted by atomic mass is 9.64. The normalized spacial score (nSPS) is 37.1. The van der Waals surface area contributed by atoms with Crippen LogP contribution >= 0.6 is 0 Å². The van der Waals surface area contributed by atoms with Gasteiger partial charge < -0.3 is 10.2 Å². The van der Waals surface area contributed by atoms with Crippen LogP contribution in [0.15, 0.2) is 0 Å². The topological polar surface area (TPSA) is 57.5 Å². The van der Waals surface area contributed by atoms with Crippen molar-refractivity contribution in [1.29, 1.82) is 0 Å². The maximum Gasteiger partial charge on any atom is 0.306 e. The number of carboxylic acid groups (broad SMARTS) is 1. The van der Waals surface area contributed by atoms with Gasteiger partial charge in [0.25, 0.3) is 0 Å². The van der Waals surface area contributed by atoms with Gasteiger partial charge in [0.05, 0.1) is 11.5 Å². The smallest absolute Gasteiger partial charge is 0.306 e. The zero-order valence-electron chi connectivity index (χ0n) is 7.58. The zero-order valence-corrected chi connectivity index (χ0v) is 7.58. The molecule has 1 saturated carbocycles. The van der Waals surface area contributed by atoms with Gasteiger partial charge in [0.1, 0.15) is 0 Å². The van der Waals surface area contributed by atoms with Crippen LogP contribution in [-0.2, 0) is 4.79 Å². The Kier molecular flexibility index (Phi) is 2.42. The minimum Gasteiger partial charge on any atom is -0.481 e. The highest BCUT2D eigenvalue weighted by Gasteiger charge is 2.48. The number of hydrogen-bond acceptors (Lipinski definition) is 2. The minimum atomic E-state index is -0.775. The van der Waals surface area contributed by atoms with Gasteiger partial charge in [-0.3, -0.25) is 4.79 Å². The van der Waals surface area contributed by atoms with Crippen molar-refractivity contribution < 1.29 is 15.0 Å². The van der Waals surface area contributed by atoms with E-state index < -0.39 is 11.6 Å². The van der Waals surface area contributed by atoms with Crippen molar-refractivity contribution in [3.63, 3.8) is 0 Å². The molecule has 0 aromatic rings. The van der Waals surface area contributed by atoms with Crippen LogP contribution in [0.25, 0.3) is 0 Å². The lowest BCUT2D eigenvalue weighted by molar-refractivity contribution is -0.165. The lowest BCUT2D eigenvalue weighted by Gasteiger charge is -2.45. The van der Waals surface area contributed by atoms with Crippen LogP contribution in [0.1, 0.15) is 33.1 Å². The predicted octanol–water partition coefficient (Wildman–Crippen LogP) is 1.26. The molecule has 1 unspecified atom stereocenters. The maximum absolute atomic E-state index is 10.5. The highest BCUT2D eigenvalue weighted by molar-refractivity contribution is 5.71. The molecule has 3 nitrogen and oxygen atoms in total. The summed E-state index contributed by atoms with van der Waals surface area (Å²) in [6.07, 6.45) is 1.76. The van der Waals surface area contributed by atoms with Crippen molar-refractivity contribution in [2.24, 2.45) is 11.8 Å². The van der Waals surface area contributed by atoms with Crippen LogP contribution < -0.4 is 0 Å². The summed E-state index contributed by atoms with van der Waals surface area (Å²) in [6, 6.07) is 0. The molecule has 0 aliphatic heterocycles. The van der Waals surface area contributed by atoms with Gasteiger partial charge in [0.2, 0.25) is 0 Å². The summed E-state index contributed by atoms with van der Waals surface area (Å²) >= 11 is 0. The molecule has 0 bridgehead atoms. The number of aliphatic hydroxyl groups is 1. The Labute approximate surface area is 72.4 Å². The van der Waals surface area contributed by atoms with E-state index in [2.05, 4.69) is 0 Å². The average Bonchev–Trinajstić information content (AvgIpc) is 1.96. The van der Waals surface area contributed by atoms with Crippen LogP contribution in [0.2, 0.25) is 0 Å². The molecule has 70 valence electrons. The van der Waals surface area contributed by atoms with E-state index in [1.807, 2.05) is 13.8 Å². The van der Waals surface area contributed by atoms with Gasteiger partial charge in [-0.15, -0.1) is 0 Å². The molecule has 0 saturated heterocycles. The molecule has 12 heavy (non-hydrogen) atoms. The quantitative estimate of drug-likeness (QED) is 0.673. The first-order valence-electron chi connectivity index (χ1n) is 4.44. The molecule has 0 aromatic heterocycles. The van der Waals surface area contributed by atoms with E-state index in [1.54, 1.807) is 0 Å². The lowest BCUT2D eigenvalue weighted by Crippen LogP contribution is -2.51. The summed E-state index contributed by atoms with van der Waals surface area (Å²) < 4.78 is 0. The summed E-state index contributed by atoms with van der Waals surface area (Å²) in [5.41, 5.74) is -0.697. The summed E-state index contributed by atoms with van der Waals surface area (Å²) in [7, 11) is 0. The number of carboxylic acids is 1. The average molecular weight is 172 g/mol. The number of aliphatic carboxylic acids is 1. The first-order valence-corrected chi connectivity index (χ1v) is 4.44. The van der Waals surface area contributed by atoms with E-state index >= 15 is 0 Å². The van der Waals surface area contributed by atoms with E-state index in [9.17, 15) is 9.90 Å². The standard InChI is InChI=1S/C9H16O3/c1-3-6(2)9(12)4-7(5-9)8(10)11/h6-7,12H,3-5H2,1-2H3,(H,10,11). The molecule has 1 fully saturated rings. The monoisotopic (exact) mass is 172 g/mol. The van der Waals surface area contributed by atoms with E-state index in [1.165, 1.54) is 0 Å². The molecule has 1 aliphatic rings. The van der Waals surface area contributed by atoms with Crippen molar-refractivity contribution in [2.75, 3.05) is 0 Å². The van der Waals surface area contributed by atoms with E-state index in [0.717, 1.165) is 6.42 Å². The molecular formula is C9H16O3. The second-order valence-electron chi connectivity index (χ2n) is 3.86. The molecule has 0 aromatic carbocycles. The maximum atomic E-state index is 10.5. The Morgan fingerprint density at radius 1 is 1.67 bits per heavy atom. The Bertz CT molecular complexity index is 182. The molecule has 0 radical (unpaired) electrons. The van der Waals surface area contributed by atoms with Gasteiger partial charge in [-0.1, -0.05) is 20.3 Å². The first kappa shape index (κ1) is 9.52. The summed E-state index contributed by atoms with van der Waals surface area (Å²) in [5.74, 6) is -0.875. The van der Waals surface area contributed by atoms with Crippen molar-refractivity contribution in [3.05, 3.63) is 0 Å². The van der Waals surface area contributed by atoms with Crippen LogP contribution in [-0.4, -0.2) is 21.8 Å². The molecule has 1 aliphatic carbocycles. The van der Waals surface area contributed by atoms with Gasteiger partial charge in [0, 0.05) is 0 Å². The van der Waals surface area contributed by atoms with Gasteiger partial charge in [-0.2, -0.15) is 0 Å². The summed E-state index contributed by atoms with van der Waals surface area (Å²) in [6.45, 7) is 3.98. The highest BCUT2D eigenvalue weighted by Crippen LogP contribution is 2.44.